The zero-order valence-corrected chi connectivity index (χ0v) is 10.2. The minimum atomic E-state index is -0.457. The number of anilines is 1. The molecule has 0 bridgehead atoms. The number of nitrogens with zero attached hydrogens (tertiary/aromatic N) is 2. The third kappa shape index (κ3) is 1.63. The number of benzene rings is 1. The van der Waals surface area contributed by atoms with E-state index in [2.05, 4.69) is 10.3 Å². The summed E-state index contributed by atoms with van der Waals surface area (Å²) < 4.78 is 5.11. The first kappa shape index (κ1) is 11.1. The molecular formula is C13H15N3O2. The highest BCUT2D eigenvalue weighted by Crippen LogP contribution is 2.28. The van der Waals surface area contributed by atoms with Gasteiger partial charge in [-0.1, -0.05) is 12.1 Å². The van der Waals surface area contributed by atoms with Crippen LogP contribution in [0.2, 0.25) is 0 Å². The molecule has 0 saturated heterocycles. The summed E-state index contributed by atoms with van der Waals surface area (Å²) in [5.74, 6) is 0.643. The van der Waals surface area contributed by atoms with E-state index in [9.17, 15) is 4.79 Å². The second-order valence-electron chi connectivity index (χ2n) is 4.24. The van der Waals surface area contributed by atoms with Crippen LogP contribution in [0.15, 0.2) is 29.3 Å². The average molecular weight is 245 g/mol. The molecule has 18 heavy (non-hydrogen) atoms. The Morgan fingerprint density at radius 3 is 3.22 bits per heavy atom. The topological polar surface area (TPSA) is 53.9 Å². The third-order valence-corrected chi connectivity index (χ3v) is 3.16. The van der Waals surface area contributed by atoms with Crippen LogP contribution in [0.3, 0.4) is 0 Å². The lowest BCUT2D eigenvalue weighted by atomic mass is 10.1. The molecule has 1 unspecified atom stereocenters. The van der Waals surface area contributed by atoms with Gasteiger partial charge in [-0.15, -0.1) is 0 Å². The van der Waals surface area contributed by atoms with Crippen LogP contribution in [0.25, 0.3) is 0 Å². The van der Waals surface area contributed by atoms with Crippen molar-refractivity contribution in [2.24, 2.45) is 4.99 Å². The quantitative estimate of drug-likeness (QED) is 0.792. The maximum Gasteiger partial charge on any atom is 0.349 e. The molecule has 3 rings (SSSR count). The van der Waals surface area contributed by atoms with Crippen molar-refractivity contribution in [2.75, 3.05) is 25.0 Å². The molecule has 1 atom stereocenters. The number of carbonyl (C=O) groups is 1. The summed E-state index contributed by atoms with van der Waals surface area (Å²) in [6.45, 7) is 3.67. The van der Waals surface area contributed by atoms with E-state index >= 15 is 0 Å². The van der Waals surface area contributed by atoms with Gasteiger partial charge in [0.05, 0.1) is 13.2 Å². The van der Waals surface area contributed by atoms with Crippen molar-refractivity contribution in [2.45, 2.75) is 13.1 Å². The zero-order valence-electron chi connectivity index (χ0n) is 10.2. The number of nitrogens with one attached hydrogen (secondary N) is 1. The maximum absolute atomic E-state index is 12.0. The number of esters is 1. The highest BCUT2D eigenvalue weighted by molar-refractivity contribution is 6.08. The second kappa shape index (κ2) is 4.33. The molecule has 5 nitrogen and oxygen atoms in total. The fourth-order valence-corrected chi connectivity index (χ4v) is 2.39. The molecule has 1 N–H and O–H groups in total. The molecular weight excluding hydrogens is 230 g/mol. The lowest BCUT2D eigenvalue weighted by Gasteiger charge is -2.35. The fourth-order valence-electron chi connectivity index (χ4n) is 2.39. The van der Waals surface area contributed by atoms with Crippen molar-refractivity contribution in [3.8, 4) is 0 Å². The summed E-state index contributed by atoms with van der Waals surface area (Å²) in [5.41, 5.74) is 1.99. The van der Waals surface area contributed by atoms with Gasteiger partial charge in [0.1, 0.15) is 5.84 Å². The van der Waals surface area contributed by atoms with Gasteiger partial charge < -0.3 is 15.0 Å². The molecule has 0 amide bonds. The van der Waals surface area contributed by atoms with Gasteiger partial charge in [0.15, 0.2) is 0 Å². The summed E-state index contributed by atoms with van der Waals surface area (Å²) in [6.07, 6.45) is -0.457. The maximum atomic E-state index is 12.0. The molecule has 5 heteroatoms. The molecule has 1 aromatic rings. The van der Waals surface area contributed by atoms with Crippen LogP contribution in [-0.2, 0) is 9.53 Å². The second-order valence-corrected chi connectivity index (χ2v) is 4.24. The predicted molar refractivity (Wildman–Crippen MR) is 68.6 cm³/mol. The Morgan fingerprint density at radius 2 is 2.39 bits per heavy atom. The van der Waals surface area contributed by atoms with E-state index in [4.69, 9.17) is 4.74 Å². The number of aliphatic imine (C=N–C) groups is 1. The number of carbonyl (C=O) groups excluding carboxylic acids is 1. The van der Waals surface area contributed by atoms with Crippen molar-refractivity contribution in [3.05, 3.63) is 29.8 Å². The minimum absolute atomic E-state index is 0.249. The first-order chi connectivity index (χ1) is 8.81. The number of para-hydroxylation sites is 1. The SMILES string of the molecule is CCOC(=O)C1Nc2ccccc2C2=NCCN21. The average Bonchev–Trinajstić information content (AvgIpc) is 2.87. The van der Waals surface area contributed by atoms with Crippen LogP contribution in [0, 0.1) is 0 Å². The molecule has 0 aliphatic carbocycles. The highest BCUT2D eigenvalue weighted by Gasteiger charge is 2.37. The van der Waals surface area contributed by atoms with Gasteiger partial charge in [0.2, 0.25) is 6.17 Å². The van der Waals surface area contributed by atoms with Gasteiger partial charge in [0, 0.05) is 17.8 Å². The summed E-state index contributed by atoms with van der Waals surface area (Å²) in [4.78, 5) is 18.4. The summed E-state index contributed by atoms with van der Waals surface area (Å²) in [7, 11) is 0. The number of hydrogen-bond donors (Lipinski definition) is 1. The molecule has 1 aromatic carbocycles. The first-order valence-corrected chi connectivity index (χ1v) is 6.15. The molecule has 94 valence electrons. The standard InChI is InChI=1S/C13H15N3O2/c1-2-18-13(17)12-15-10-6-4-3-5-9(10)11-14-7-8-16(11)12/h3-6,12,15H,2,7-8H2,1H3. The van der Waals surface area contributed by atoms with Crippen molar-refractivity contribution in [3.63, 3.8) is 0 Å². The number of amidine groups is 1. The van der Waals surface area contributed by atoms with Crippen LogP contribution in [0.5, 0.6) is 0 Å². The molecule has 2 heterocycles. The Labute approximate surface area is 105 Å². The lowest BCUT2D eigenvalue weighted by molar-refractivity contribution is -0.146. The van der Waals surface area contributed by atoms with E-state index in [0.717, 1.165) is 30.2 Å². The van der Waals surface area contributed by atoms with E-state index in [1.807, 2.05) is 36.1 Å². The number of fused-ring (bicyclic) bond motifs is 3. The Hall–Kier alpha value is -2.04. The molecule has 0 radical (unpaired) electrons. The van der Waals surface area contributed by atoms with Gasteiger partial charge in [0.25, 0.3) is 0 Å². The van der Waals surface area contributed by atoms with Crippen LogP contribution >= 0.6 is 0 Å². The third-order valence-electron chi connectivity index (χ3n) is 3.16. The van der Waals surface area contributed by atoms with Crippen LogP contribution in [0.1, 0.15) is 12.5 Å². The van der Waals surface area contributed by atoms with Crippen LogP contribution in [-0.4, -0.2) is 42.6 Å². The van der Waals surface area contributed by atoms with Gasteiger partial charge >= 0.3 is 5.97 Å². The van der Waals surface area contributed by atoms with E-state index in [1.54, 1.807) is 0 Å². The van der Waals surface area contributed by atoms with Crippen molar-refractivity contribution in [1.82, 2.24) is 4.90 Å². The molecule has 0 aromatic heterocycles. The van der Waals surface area contributed by atoms with Crippen LogP contribution < -0.4 is 5.32 Å². The van der Waals surface area contributed by atoms with E-state index in [-0.39, 0.29) is 5.97 Å². The molecule has 2 aliphatic rings. The number of ether oxygens (including phenoxy) is 1. The van der Waals surface area contributed by atoms with Crippen molar-refractivity contribution >= 4 is 17.5 Å². The summed E-state index contributed by atoms with van der Waals surface area (Å²) in [6, 6.07) is 7.89. The van der Waals surface area contributed by atoms with Crippen molar-refractivity contribution < 1.29 is 9.53 Å². The normalized spacial score (nSPS) is 20.6. The van der Waals surface area contributed by atoms with Gasteiger partial charge in [-0.3, -0.25) is 4.99 Å². The molecule has 2 aliphatic heterocycles. The van der Waals surface area contributed by atoms with Gasteiger partial charge in [-0.2, -0.15) is 0 Å². The Kier molecular flexibility index (Phi) is 2.66. The summed E-state index contributed by atoms with van der Waals surface area (Å²) >= 11 is 0. The van der Waals surface area contributed by atoms with Gasteiger partial charge in [-0.25, -0.2) is 4.79 Å². The predicted octanol–water partition coefficient (Wildman–Crippen LogP) is 1.06. The molecule has 0 spiro atoms. The first-order valence-electron chi connectivity index (χ1n) is 6.15. The van der Waals surface area contributed by atoms with Crippen LogP contribution in [0.4, 0.5) is 5.69 Å². The zero-order chi connectivity index (χ0) is 12.5. The number of hydrogen-bond acceptors (Lipinski definition) is 5. The van der Waals surface area contributed by atoms with Crippen molar-refractivity contribution in [1.29, 1.82) is 0 Å². The van der Waals surface area contributed by atoms with E-state index in [0.29, 0.717) is 6.61 Å². The Bertz CT molecular complexity index is 513. The smallest absolute Gasteiger partial charge is 0.349 e. The molecule has 0 fully saturated rings. The number of rotatable bonds is 2. The largest absolute Gasteiger partial charge is 0.463 e. The van der Waals surface area contributed by atoms with E-state index in [1.165, 1.54) is 0 Å². The monoisotopic (exact) mass is 245 g/mol. The Morgan fingerprint density at radius 1 is 1.56 bits per heavy atom. The van der Waals surface area contributed by atoms with E-state index < -0.39 is 6.17 Å². The summed E-state index contributed by atoms with van der Waals surface area (Å²) in [5, 5.41) is 3.22. The highest BCUT2D eigenvalue weighted by atomic mass is 16.5. The van der Waals surface area contributed by atoms with Gasteiger partial charge in [-0.05, 0) is 19.1 Å². The Balaban J connectivity index is 1.98. The fraction of sp³-hybridized carbons (Fsp3) is 0.385. The minimum Gasteiger partial charge on any atom is -0.463 e. The molecule has 0 saturated carbocycles. The lowest BCUT2D eigenvalue weighted by Crippen LogP contribution is -2.52.